The van der Waals surface area contributed by atoms with Crippen LogP contribution in [-0.4, -0.2) is 32.9 Å². The smallest absolute Gasteiger partial charge is 0.387 e. The predicted octanol–water partition coefficient (Wildman–Crippen LogP) is 1.47. The molecule has 0 heterocycles. The van der Waals surface area contributed by atoms with Crippen molar-refractivity contribution in [3.8, 4) is 11.8 Å². The number of benzene rings is 1. The first kappa shape index (κ1) is 17.3. The molecule has 1 aromatic carbocycles. The van der Waals surface area contributed by atoms with Gasteiger partial charge in [0, 0.05) is 32.1 Å². The molecule has 1 aromatic rings. The fourth-order valence-electron chi connectivity index (χ4n) is 1.47. The number of hydrogen-bond acceptors (Lipinski definition) is 4. The highest BCUT2D eigenvalue weighted by molar-refractivity contribution is 7.87. The van der Waals surface area contributed by atoms with Crippen LogP contribution in [0.2, 0.25) is 0 Å². The molecule has 9 heteroatoms. The highest BCUT2D eigenvalue weighted by atomic mass is 32.2. The van der Waals surface area contributed by atoms with Gasteiger partial charge in [-0.15, -0.1) is 0 Å². The molecule has 0 aliphatic carbocycles. The van der Waals surface area contributed by atoms with Crippen LogP contribution in [0.4, 0.5) is 8.78 Å². The third-order valence-corrected chi connectivity index (χ3v) is 4.09. The lowest BCUT2D eigenvalue weighted by Crippen LogP contribution is -2.38. The van der Waals surface area contributed by atoms with E-state index in [1.807, 2.05) is 6.07 Å². The molecule has 1 N–H and O–H groups in total. The van der Waals surface area contributed by atoms with E-state index in [9.17, 15) is 17.2 Å². The van der Waals surface area contributed by atoms with E-state index in [1.165, 1.54) is 25.2 Å². The lowest BCUT2D eigenvalue weighted by atomic mass is 10.2. The van der Waals surface area contributed by atoms with Gasteiger partial charge in [0.2, 0.25) is 0 Å². The number of rotatable bonds is 8. The molecule has 0 aliphatic rings. The summed E-state index contributed by atoms with van der Waals surface area (Å²) in [6.45, 7) is -3.13. The van der Waals surface area contributed by atoms with Crippen molar-refractivity contribution in [1.82, 2.24) is 9.03 Å². The summed E-state index contributed by atoms with van der Waals surface area (Å²) in [6, 6.07) is 7.74. The van der Waals surface area contributed by atoms with Gasteiger partial charge in [-0.25, -0.2) is 0 Å². The van der Waals surface area contributed by atoms with Gasteiger partial charge in [-0.3, -0.25) is 0 Å². The van der Waals surface area contributed by atoms with Gasteiger partial charge in [-0.05, 0) is 6.07 Å². The van der Waals surface area contributed by atoms with Crippen molar-refractivity contribution in [1.29, 1.82) is 5.26 Å². The Balaban J connectivity index is 2.73. The van der Waals surface area contributed by atoms with E-state index in [2.05, 4.69) is 9.46 Å². The molecule has 0 bridgehead atoms. The van der Waals surface area contributed by atoms with Crippen molar-refractivity contribution in [3.63, 3.8) is 0 Å². The van der Waals surface area contributed by atoms with Gasteiger partial charge >= 0.3 is 6.61 Å². The van der Waals surface area contributed by atoms with Gasteiger partial charge in [0.15, 0.2) is 0 Å². The minimum atomic E-state index is -3.79. The van der Waals surface area contributed by atoms with E-state index in [-0.39, 0.29) is 30.8 Å². The summed E-state index contributed by atoms with van der Waals surface area (Å²) in [5, 5.41) is 8.43. The van der Waals surface area contributed by atoms with Crippen molar-refractivity contribution in [2.75, 3.05) is 13.6 Å². The highest BCUT2D eigenvalue weighted by Gasteiger charge is 2.18. The number of alkyl halides is 2. The molecule has 0 unspecified atom stereocenters. The monoisotopic (exact) mass is 319 g/mol. The average molecular weight is 319 g/mol. The largest absolute Gasteiger partial charge is 0.434 e. The van der Waals surface area contributed by atoms with Gasteiger partial charge in [0.05, 0.1) is 6.07 Å². The maximum atomic E-state index is 12.2. The molecule has 0 aliphatic heterocycles. The fraction of sp³-hybridized carbons (Fsp3) is 0.417. The van der Waals surface area contributed by atoms with E-state index in [0.29, 0.717) is 0 Å². The van der Waals surface area contributed by atoms with Gasteiger partial charge < -0.3 is 4.74 Å². The van der Waals surface area contributed by atoms with Gasteiger partial charge in [-0.1, -0.05) is 18.2 Å². The Morgan fingerprint density at radius 1 is 1.43 bits per heavy atom. The maximum absolute atomic E-state index is 12.2. The van der Waals surface area contributed by atoms with Crippen LogP contribution in [0.25, 0.3) is 0 Å². The summed E-state index contributed by atoms with van der Waals surface area (Å²) < 4.78 is 55.8. The fourth-order valence-corrected chi connectivity index (χ4v) is 2.36. The summed E-state index contributed by atoms with van der Waals surface area (Å²) in [6.07, 6.45) is 0.0580. The van der Waals surface area contributed by atoms with Crippen LogP contribution in [0.1, 0.15) is 12.0 Å². The molecule has 0 aromatic heterocycles. The summed E-state index contributed by atoms with van der Waals surface area (Å²) in [5.41, 5.74) is 0.287. The Bertz CT molecular complexity index is 602. The first-order chi connectivity index (χ1) is 9.86. The first-order valence-corrected chi connectivity index (χ1v) is 7.41. The summed E-state index contributed by atoms with van der Waals surface area (Å²) in [5.74, 6) is -0.0881. The van der Waals surface area contributed by atoms with Gasteiger partial charge in [0.25, 0.3) is 10.2 Å². The topological polar surface area (TPSA) is 82.4 Å². The van der Waals surface area contributed by atoms with Crippen LogP contribution >= 0.6 is 0 Å². The first-order valence-electron chi connectivity index (χ1n) is 5.97. The van der Waals surface area contributed by atoms with Crippen molar-refractivity contribution in [3.05, 3.63) is 29.8 Å². The quantitative estimate of drug-likeness (QED) is 0.786. The second-order valence-corrected chi connectivity index (χ2v) is 5.90. The molecule has 21 heavy (non-hydrogen) atoms. The number of halogens is 2. The molecule has 1 rings (SSSR count). The lowest BCUT2D eigenvalue weighted by Gasteiger charge is -2.17. The average Bonchev–Trinajstić information content (AvgIpc) is 2.43. The summed E-state index contributed by atoms with van der Waals surface area (Å²) in [7, 11) is -2.47. The highest BCUT2D eigenvalue weighted by Crippen LogP contribution is 2.20. The van der Waals surface area contributed by atoms with Gasteiger partial charge in [-0.2, -0.15) is 31.5 Å². The molecule has 0 atom stereocenters. The normalized spacial score (nSPS) is 11.6. The second kappa shape index (κ2) is 7.87. The zero-order chi connectivity index (χ0) is 15.9. The Morgan fingerprint density at radius 2 is 2.10 bits per heavy atom. The lowest BCUT2D eigenvalue weighted by molar-refractivity contribution is -0.0504. The van der Waals surface area contributed by atoms with Crippen LogP contribution < -0.4 is 9.46 Å². The molecular formula is C12H15F2N3O3S. The predicted molar refractivity (Wildman–Crippen MR) is 71.7 cm³/mol. The third-order valence-electron chi connectivity index (χ3n) is 2.58. The van der Waals surface area contributed by atoms with Crippen LogP contribution in [-0.2, 0) is 16.8 Å². The SMILES string of the molecule is CN(CCC#N)S(=O)(=O)NCc1ccccc1OC(F)F. The second-order valence-electron chi connectivity index (χ2n) is 4.04. The van der Waals surface area contributed by atoms with Crippen molar-refractivity contribution >= 4 is 10.2 Å². The number of nitrogens with one attached hydrogen (secondary N) is 1. The zero-order valence-corrected chi connectivity index (χ0v) is 12.1. The minimum absolute atomic E-state index is 0.0427. The van der Waals surface area contributed by atoms with Crippen LogP contribution in [0.3, 0.4) is 0 Å². The van der Waals surface area contributed by atoms with E-state index in [4.69, 9.17) is 5.26 Å². The minimum Gasteiger partial charge on any atom is -0.434 e. The molecule has 0 saturated carbocycles. The van der Waals surface area contributed by atoms with E-state index in [0.717, 1.165) is 4.31 Å². The maximum Gasteiger partial charge on any atom is 0.387 e. The Kier molecular flexibility index (Phi) is 6.48. The molecular weight excluding hydrogens is 304 g/mol. The molecule has 0 saturated heterocycles. The number of ether oxygens (including phenoxy) is 1. The number of hydrogen-bond donors (Lipinski definition) is 1. The van der Waals surface area contributed by atoms with Crippen molar-refractivity contribution in [2.24, 2.45) is 0 Å². The van der Waals surface area contributed by atoms with Crippen molar-refractivity contribution in [2.45, 2.75) is 19.6 Å². The van der Waals surface area contributed by atoms with E-state index < -0.39 is 16.8 Å². The zero-order valence-electron chi connectivity index (χ0n) is 11.3. The van der Waals surface area contributed by atoms with E-state index >= 15 is 0 Å². The van der Waals surface area contributed by atoms with Crippen LogP contribution in [0.5, 0.6) is 5.75 Å². The molecule has 0 radical (unpaired) electrons. The number of nitriles is 1. The van der Waals surface area contributed by atoms with Crippen molar-refractivity contribution < 1.29 is 21.9 Å². The van der Waals surface area contributed by atoms with Crippen LogP contribution in [0.15, 0.2) is 24.3 Å². The molecule has 6 nitrogen and oxygen atoms in total. The Labute approximate surface area is 122 Å². The third kappa shape index (κ3) is 5.63. The Hall–Kier alpha value is -1.76. The number of para-hydroxylation sites is 1. The molecule has 0 fully saturated rings. The standard InChI is InChI=1S/C12H15F2N3O3S/c1-17(8-4-7-15)21(18,19)16-9-10-5-2-3-6-11(10)20-12(13)14/h2-3,5-6,12,16H,4,8-9H2,1H3. The molecule has 116 valence electrons. The number of nitrogens with zero attached hydrogens (tertiary/aromatic N) is 2. The van der Waals surface area contributed by atoms with E-state index in [1.54, 1.807) is 6.07 Å². The molecule has 0 amide bonds. The van der Waals surface area contributed by atoms with Crippen LogP contribution in [0, 0.1) is 11.3 Å². The Morgan fingerprint density at radius 3 is 2.71 bits per heavy atom. The van der Waals surface area contributed by atoms with Gasteiger partial charge in [0.1, 0.15) is 5.75 Å². The molecule has 0 spiro atoms. The summed E-state index contributed by atoms with van der Waals surface area (Å²) >= 11 is 0. The summed E-state index contributed by atoms with van der Waals surface area (Å²) in [4.78, 5) is 0.